The molecule has 0 aliphatic carbocycles. The molecular weight excluding hydrogens is 252 g/mol. The molecule has 0 saturated carbocycles. The molecule has 0 saturated heterocycles. The molecule has 0 aromatic rings. The highest BCUT2D eigenvalue weighted by molar-refractivity contribution is 4.86. The van der Waals surface area contributed by atoms with Gasteiger partial charge in [0.15, 0.2) is 0 Å². The first kappa shape index (κ1) is 20.7. The molecule has 0 fully saturated rings. The van der Waals surface area contributed by atoms with E-state index in [1.807, 2.05) is 0 Å². The van der Waals surface area contributed by atoms with Gasteiger partial charge < -0.3 is 0 Å². The third-order valence-electron chi connectivity index (χ3n) is 5.56. The Labute approximate surface area is 135 Å². The van der Waals surface area contributed by atoms with Crippen LogP contribution in [-0.2, 0) is 0 Å². The predicted octanol–water partition coefficient (Wildman–Crippen LogP) is 7.93. The van der Waals surface area contributed by atoms with E-state index in [2.05, 4.69) is 46.8 Å². The summed E-state index contributed by atoms with van der Waals surface area (Å²) in [7, 11) is 0. The smallest absolute Gasteiger partial charge is 0.0300 e. The first-order chi connectivity index (χ1) is 10.2. The second kappa shape index (κ2) is 13.4. The van der Waals surface area contributed by atoms with Gasteiger partial charge in [0.2, 0.25) is 0 Å². The highest BCUT2D eigenvalue weighted by Gasteiger charge is 2.24. The van der Waals surface area contributed by atoms with Gasteiger partial charge in [0.25, 0.3) is 0 Å². The minimum Gasteiger partial charge on any atom is -0.0885 e. The molecule has 21 heavy (non-hydrogen) atoms. The van der Waals surface area contributed by atoms with Gasteiger partial charge in [-0.25, -0.2) is 0 Å². The fourth-order valence-electron chi connectivity index (χ4n) is 3.60. The molecule has 0 radical (unpaired) electrons. The summed E-state index contributed by atoms with van der Waals surface area (Å²) in [6.45, 7) is 11.8. The minimum atomic E-state index is 0.612. The summed E-state index contributed by atoms with van der Waals surface area (Å²) in [4.78, 5) is 0. The van der Waals surface area contributed by atoms with Gasteiger partial charge in [-0.2, -0.15) is 0 Å². The summed E-state index contributed by atoms with van der Waals surface area (Å²) in [5.41, 5.74) is 0.612. The van der Waals surface area contributed by atoms with Gasteiger partial charge in [0, 0.05) is 0 Å². The number of hydrogen-bond donors (Lipinski definition) is 0. The van der Waals surface area contributed by atoms with E-state index in [4.69, 9.17) is 0 Å². The molecule has 1 atom stereocenters. The van der Waals surface area contributed by atoms with Crippen molar-refractivity contribution >= 4 is 0 Å². The zero-order chi connectivity index (χ0) is 16.0. The SMILES string of the molecule is CCCC=CCCC(CC)(CC)CCCC(CC)CCC. The molecule has 0 bridgehead atoms. The fraction of sp³-hybridized carbons (Fsp3) is 0.905. The maximum atomic E-state index is 2.43. The van der Waals surface area contributed by atoms with Gasteiger partial charge in [0.1, 0.15) is 0 Å². The zero-order valence-corrected chi connectivity index (χ0v) is 15.7. The first-order valence-electron chi connectivity index (χ1n) is 9.82. The molecule has 0 amide bonds. The summed E-state index contributed by atoms with van der Waals surface area (Å²) in [6.07, 6.45) is 21.2. The molecule has 1 unspecified atom stereocenters. The van der Waals surface area contributed by atoms with E-state index in [1.165, 1.54) is 77.0 Å². The van der Waals surface area contributed by atoms with E-state index >= 15 is 0 Å². The average Bonchev–Trinajstić information content (AvgIpc) is 2.52. The van der Waals surface area contributed by atoms with Gasteiger partial charge in [-0.05, 0) is 37.0 Å². The second-order valence-electron chi connectivity index (χ2n) is 6.96. The number of rotatable bonds is 14. The zero-order valence-electron chi connectivity index (χ0n) is 15.7. The van der Waals surface area contributed by atoms with Crippen molar-refractivity contribution in [2.75, 3.05) is 0 Å². The molecular formula is C21H42. The summed E-state index contributed by atoms with van der Waals surface area (Å²) in [5, 5.41) is 0. The molecule has 0 N–H and O–H groups in total. The van der Waals surface area contributed by atoms with Crippen molar-refractivity contribution in [2.24, 2.45) is 11.3 Å². The Bertz CT molecular complexity index is 234. The van der Waals surface area contributed by atoms with Gasteiger partial charge >= 0.3 is 0 Å². The van der Waals surface area contributed by atoms with Crippen LogP contribution in [0.2, 0.25) is 0 Å². The monoisotopic (exact) mass is 294 g/mol. The summed E-state index contributed by atoms with van der Waals surface area (Å²) >= 11 is 0. The van der Waals surface area contributed by atoms with Crippen LogP contribution in [0, 0.1) is 11.3 Å². The normalized spacial score (nSPS) is 14.0. The van der Waals surface area contributed by atoms with Crippen molar-refractivity contribution < 1.29 is 0 Å². The van der Waals surface area contributed by atoms with Crippen molar-refractivity contribution in [3.05, 3.63) is 12.2 Å². The van der Waals surface area contributed by atoms with Crippen molar-refractivity contribution in [1.29, 1.82) is 0 Å². The predicted molar refractivity (Wildman–Crippen MR) is 98.8 cm³/mol. The highest BCUT2D eigenvalue weighted by Crippen LogP contribution is 2.38. The molecule has 0 spiro atoms. The molecule has 126 valence electrons. The largest absolute Gasteiger partial charge is 0.0885 e. The minimum absolute atomic E-state index is 0.612. The Kier molecular flexibility index (Phi) is 13.2. The molecule has 0 rings (SSSR count). The highest BCUT2D eigenvalue weighted by atomic mass is 14.3. The molecule has 0 heterocycles. The van der Waals surface area contributed by atoms with Crippen LogP contribution in [0.15, 0.2) is 12.2 Å². The molecule has 0 heteroatoms. The van der Waals surface area contributed by atoms with Crippen LogP contribution in [0.5, 0.6) is 0 Å². The van der Waals surface area contributed by atoms with Crippen molar-refractivity contribution in [2.45, 2.75) is 112 Å². The van der Waals surface area contributed by atoms with Crippen LogP contribution in [-0.4, -0.2) is 0 Å². The third kappa shape index (κ3) is 9.38. The Hall–Kier alpha value is -0.260. The van der Waals surface area contributed by atoms with E-state index in [1.54, 1.807) is 0 Å². The van der Waals surface area contributed by atoms with Gasteiger partial charge in [-0.15, -0.1) is 0 Å². The van der Waals surface area contributed by atoms with Crippen LogP contribution in [0.4, 0.5) is 0 Å². The topological polar surface area (TPSA) is 0 Å². The lowest BCUT2D eigenvalue weighted by atomic mass is 9.73. The van der Waals surface area contributed by atoms with Crippen molar-refractivity contribution in [3.8, 4) is 0 Å². The standard InChI is InChI=1S/C21H42/c1-6-11-12-13-14-18-21(9-4,10-5)19-15-17-20(8-3)16-7-2/h12-13,20H,6-11,14-19H2,1-5H3. The first-order valence-corrected chi connectivity index (χ1v) is 9.82. The van der Waals surface area contributed by atoms with Crippen LogP contribution < -0.4 is 0 Å². The second-order valence-corrected chi connectivity index (χ2v) is 6.96. The van der Waals surface area contributed by atoms with Crippen LogP contribution in [0.3, 0.4) is 0 Å². The average molecular weight is 295 g/mol. The molecule has 0 aromatic heterocycles. The van der Waals surface area contributed by atoms with E-state index in [9.17, 15) is 0 Å². The third-order valence-corrected chi connectivity index (χ3v) is 5.56. The quantitative estimate of drug-likeness (QED) is 0.285. The molecule has 0 aromatic carbocycles. The summed E-state index contributed by atoms with van der Waals surface area (Å²) < 4.78 is 0. The van der Waals surface area contributed by atoms with Crippen LogP contribution in [0.25, 0.3) is 0 Å². The van der Waals surface area contributed by atoms with E-state index in [0.717, 1.165) is 5.92 Å². The van der Waals surface area contributed by atoms with E-state index < -0.39 is 0 Å². The van der Waals surface area contributed by atoms with Crippen LogP contribution >= 0.6 is 0 Å². The Balaban J connectivity index is 4.19. The van der Waals surface area contributed by atoms with Gasteiger partial charge in [-0.3, -0.25) is 0 Å². The Morgan fingerprint density at radius 2 is 1.43 bits per heavy atom. The fourth-order valence-corrected chi connectivity index (χ4v) is 3.60. The van der Waals surface area contributed by atoms with E-state index in [-0.39, 0.29) is 0 Å². The molecule has 0 aliphatic rings. The van der Waals surface area contributed by atoms with Crippen LogP contribution in [0.1, 0.15) is 112 Å². The maximum absolute atomic E-state index is 2.43. The number of allylic oxidation sites excluding steroid dienone is 2. The van der Waals surface area contributed by atoms with E-state index in [0.29, 0.717) is 5.41 Å². The lowest BCUT2D eigenvalue weighted by Crippen LogP contribution is -2.19. The van der Waals surface area contributed by atoms with Crippen molar-refractivity contribution in [1.82, 2.24) is 0 Å². The number of unbranched alkanes of at least 4 members (excludes halogenated alkanes) is 1. The Morgan fingerprint density at radius 1 is 0.762 bits per heavy atom. The number of hydrogen-bond acceptors (Lipinski definition) is 0. The summed E-state index contributed by atoms with van der Waals surface area (Å²) in [5.74, 6) is 0.978. The Morgan fingerprint density at radius 3 is 1.95 bits per heavy atom. The van der Waals surface area contributed by atoms with Gasteiger partial charge in [-0.1, -0.05) is 98.1 Å². The molecule has 0 aliphatic heterocycles. The lowest BCUT2D eigenvalue weighted by Gasteiger charge is -2.32. The maximum Gasteiger partial charge on any atom is -0.0300 e. The molecule has 0 nitrogen and oxygen atoms in total. The van der Waals surface area contributed by atoms with Gasteiger partial charge in [0.05, 0.1) is 0 Å². The summed E-state index contributed by atoms with van der Waals surface area (Å²) in [6, 6.07) is 0. The van der Waals surface area contributed by atoms with Crippen molar-refractivity contribution in [3.63, 3.8) is 0 Å². The lowest BCUT2D eigenvalue weighted by molar-refractivity contribution is 0.205.